The Morgan fingerprint density at radius 1 is 1.06 bits per heavy atom. The molecular weight excluding hydrogens is 220 g/mol. The van der Waals surface area contributed by atoms with Gasteiger partial charge in [0, 0.05) is 12.6 Å². The molecule has 0 aromatic carbocycles. The number of nitrogens with zero attached hydrogens (tertiary/aromatic N) is 1. The van der Waals surface area contributed by atoms with E-state index in [2.05, 4.69) is 31.1 Å². The van der Waals surface area contributed by atoms with Crippen molar-refractivity contribution in [2.24, 2.45) is 5.92 Å². The van der Waals surface area contributed by atoms with Crippen molar-refractivity contribution in [2.45, 2.75) is 71.3 Å². The van der Waals surface area contributed by atoms with Gasteiger partial charge in [-0.05, 0) is 38.9 Å². The van der Waals surface area contributed by atoms with E-state index in [1.54, 1.807) is 0 Å². The quantitative estimate of drug-likeness (QED) is 0.632. The number of piperidine rings is 1. The molecule has 2 heteroatoms. The number of nitrogens with one attached hydrogen (secondary N) is 1. The molecule has 0 aromatic heterocycles. The van der Waals surface area contributed by atoms with E-state index < -0.39 is 0 Å². The average Bonchev–Trinajstić information content (AvgIpc) is 2.35. The summed E-state index contributed by atoms with van der Waals surface area (Å²) in [4.78, 5) is 2.45. The van der Waals surface area contributed by atoms with E-state index in [4.69, 9.17) is 0 Å². The van der Waals surface area contributed by atoms with Gasteiger partial charge in [0.05, 0.1) is 0 Å². The highest BCUT2D eigenvalue weighted by molar-refractivity contribution is 4.81. The largest absolute Gasteiger partial charge is 0.314 e. The molecule has 0 saturated carbocycles. The first kappa shape index (κ1) is 16.0. The lowest BCUT2D eigenvalue weighted by Crippen LogP contribution is -2.47. The van der Waals surface area contributed by atoms with Gasteiger partial charge >= 0.3 is 0 Å². The molecular formula is C16H34N2. The summed E-state index contributed by atoms with van der Waals surface area (Å²) in [5, 5.41) is 3.77. The summed E-state index contributed by atoms with van der Waals surface area (Å²) in [6, 6.07) is 0.765. The third-order valence-corrected chi connectivity index (χ3v) is 4.30. The Bertz CT molecular complexity index is 194. The predicted molar refractivity (Wildman–Crippen MR) is 81.1 cm³/mol. The number of likely N-dealkylation sites (tertiary alicyclic amines) is 1. The van der Waals surface area contributed by atoms with Crippen LogP contribution < -0.4 is 5.32 Å². The van der Waals surface area contributed by atoms with Gasteiger partial charge < -0.3 is 10.2 Å². The Morgan fingerprint density at radius 2 is 1.72 bits per heavy atom. The molecule has 0 aliphatic carbocycles. The van der Waals surface area contributed by atoms with Crippen LogP contribution in [-0.2, 0) is 0 Å². The lowest BCUT2D eigenvalue weighted by Gasteiger charge is -2.35. The van der Waals surface area contributed by atoms with Crippen LogP contribution in [0.15, 0.2) is 0 Å². The molecule has 1 heterocycles. The first-order valence-electron chi connectivity index (χ1n) is 8.16. The standard InChI is InChI=1S/C16H34N2/c1-4-5-6-7-8-9-10-12-17-16-11-13-18(3)14-15(16)2/h15-17H,4-14H2,1-3H3. The van der Waals surface area contributed by atoms with Gasteiger partial charge in [-0.1, -0.05) is 52.4 Å². The molecule has 1 N–H and O–H groups in total. The summed E-state index contributed by atoms with van der Waals surface area (Å²) >= 11 is 0. The smallest absolute Gasteiger partial charge is 0.0117 e. The summed E-state index contributed by atoms with van der Waals surface area (Å²) in [5.74, 6) is 0.813. The summed E-state index contributed by atoms with van der Waals surface area (Å²) in [6.07, 6.45) is 11.2. The van der Waals surface area contributed by atoms with Crippen molar-refractivity contribution in [3.8, 4) is 0 Å². The second kappa shape index (κ2) is 9.80. The average molecular weight is 254 g/mol. The van der Waals surface area contributed by atoms with Crippen molar-refractivity contribution in [3.05, 3.63) is 0 Å². The van der Waals surface area contributed by atoms with E-state index in [0.29, 0.717) is 0 Å². The molecule has 18 heavy (non-hydrogen) atoms. The van der Waals surface area contributed by atoms with Gasteiger partial charge in [-0.3, -0.25) is 0 Å². The van der Waals surface area contributed by atoms with Crippen molar-refractivity contribution >= 4 is 0 Å². The number of unbranched alkanes of at least 4 members (excludes halogenated alkanes) is 6. The molecule has 1 rings (SSSR count). The van der Waals surface area contributed by atoms with E-state index in [1.807, 2.05) is 0 Å². The first-order chi connectivity index (χ1) is 8.74. The molecule has 2 nitrogen and oxygen atoms in total. The van der Waals surface area contributed by atoms with Gasteiger partial charge in [0.25, 0.3) is 0 Å². The maximum Gasteiger partial charge on any atom is 0.0117 e. The van der Waals surface area contributed by atoms with E-state index >= 15 is 0 Å². The van der Waals surface area contributed by atoms with Crippen LogP contribution in [0.1, 0.15) is 65.2 Å². The number of rotatable bonds is 9. The molecule has 2 atom stereocenters. The second-order valence-electron chi connectivity index (χ2n) is 6.21. The van der Waals surface area contributed by atoms with Crippen LogP contribution in [0.4, 0.5) is 0 Å². The molecule has 1 aliphatic rings. The summed E-state index contributed by atoms with van der Waals surface area (Å²) < 4.78 is 0. The van der Waals surface area contributed by atoms with Crippen LogP contribution >= 0.6 is 0 Å². The number of hydrogen-bond donors (Lipinski definition) is 1. The zero-order chi connectivity index (χ0) is 13.2. The van der Waals surface area contributed by atoms with Gasteiger partial charge in [-0.25, -0.2) is 0 Å². The molecule has 2 unspecified atom stereocenters. The summed E-state index contributed by atoms with van der Waals surface area (Å²) in [5.41, 5.74) is 0. The maximum absolute atomic E-state index is 3.77. The molecule has 0 bridgehead atoms. The Hall–Kier alpha value is -0.0800. The fourth-order valence-corrected chi connectivity index (χ4v) is 3.03. The Labute approximate surface area is 115 Å². The topological polar surface area (TPSA) is 15.3 Å². The van der Waals surface area contributed by atoms with E-state index in [1.165, 1.54) is 71.0 Å². The third kappa shape index (κ3) is 6.75. The third-order valence-electron chi connectivity index (χ3n) is 4.30. The van der Waals surface area contributed by atoms with Gasteiger partial charge in [0.1, 0.15) is 0 Å². The fourth-order valence-electron chi connectivity index (χ4n) is 3.03. The highest BCUT2D eigenvalue weighted by atomic mass is 15.1. The molecule has 0 radical (unpaired) electrons. The molecule has 0 spiro atoms. The minimum Gasteiger partial charge on any atom is -0.314 e. The van der Waals surface area contributed by atoms with Crippen molar-refractivity contribution in [3.63, 3.8) is 0 Å². The molecule has 1 fully saturated rings. The van der Waals surface area contributed by atoms with Crippen molar-refractivity contribution < 1.29 is 0 Å². The van der Waals surface area contributed by atoms with Crippen LogP contribution in [0.3, 0.4) is 0 Å². The highest BCUT2D eigenvalue weighted by Gasteiger charge is 2.22. The predicted octanol–water partition coefficient (Wildman–Crippen LogP) is 3.67. The lowest BCUT2D eigenvalue weighted by atomic mass is 9.94. The summed E-state index contributed by atoms with van der Waals surface area (Å²) in [7, 11) is 2.24. The van der Waals surface area contributed by atoms with E-state index in [9.17, 15) is 0 Å². The zero-order valence-electron chi connectivity index (χ0n) is 12.9. The Kier molecular flexibility index (Phi) is 8.70. The maximum atomic E-state index is 3.77. The normalized spacial score (nSPS) is 25.5. The molecule has 0 amide bonds. The minimum absolute atomic E-state index is 0.765. The van der Waals surface area contributed by atoms with Crippen LogP contribution in [0.25, 0.3) is 0 Å². The SMILES string of the molecule is CCCCCCCCCNC1CCN(C)CC1C. The van der Waals surface area contributed by atoms with Crippen molar-refractivity contribution in [2.75, 3.05) is 26.7 Å². The van der Waals surface area contributed by atoms with Crippen LogP contribution in [-0.4, -0.2) is 37.6 Å². The monoisotopic (exact) mass is 254 g/mol. The van der Waals surface area contributed by atoms with Crippen molar-refractivity contribution in [1.29, 1.82) is 0 Å². The molecule has 1 aliphatic heterocycles. The van der Waals surface area contributed by atoms with Gasteiger partial charge in [0.2, 0.25) is 0 Å². The van der Waals surface area contributed by atoms with Crippen molar-refractivity contribution in [1.82, 2.24) is 10.2 Å². The Balaban J connectivity index is 1.91. The van der Waals surface area contributed by atoms with Gasteiger partial charge in [0.15, 0.2) is 0 Å². The minimum atomic E-state index is 0.765. The zero-order valence-corrected chi connectivity index (χ0v) is 12.9. The van der Waals surface area contributed by atoms with Crippen LogP contribution in [0, 0.1) is 5.92 Å². The number of hydrogen-bond acceptors (Lipinski definition) is 2. The molecule has 108 valence electrons. The molecule has 0 aromatic rings. The van der Waals surface area contributed by atoms with Crippen LogP contribution in [0.5, 0.6) is 0 Å². The molecule has 1 saturated heterocycles. The lowest BCUT2D eigenvalue weighted by molar-refractivity contribution is 0.175. The second-order valence-corrected chi connectivity index (χ2v) is 6.21. The highest BCUT2D eigenvalue weighted by Crippen LogP contribution is 2.15. The Morgan fingerprint density at radius 3 is 2.39 bits per heavy atom. The summed E-state index contributed by atoms with van der Waals surface area (Å²) in [6.45, 7) is 8.42. The van der Waals surface area contributed by atoms with E-state index in [-0.39, 0.29) is 0 Å². The van der Waals surface area contributed by atoms with Crippen LogP contribution in [0.2, 0.25) is 0 Å². The van der Waals surface area contributed by atoms with Gasteiger partial charge in [-0.15, -0.1) is 0 Å². The van der Waals surface area contributed by atoms with E-state index in [0.717, 1.165) is 12.0 Å². The van der Waals surface area contributed by atoms with Gasteiger partial charge in [-0.2, -0.15) is 0 Å². The fraction of sp³-hybridized carbons (Fsp3) is 1.00. The first-order valence-corrected chi connectivity index (χ1v) is 8.16.